The Bertz CT molecular complexity index is 118. The summed E-state index contributed by atoms with van der Waals surface area (Å²) in [6.07, 6.45) is 0. The molecule has 0 heterocycles. The lowest BCUT2D eigenvalue weighted by atomic mass is 11.0. The van der Waals surface area contributed by atoms with Crippen molar-refractivity contribution in [2.24, 2.45) is 0 Å². The lowest BCUT2D eigenvalue weighted by molar-refractivity contribution is 1.46. The maximum absolute atomic E-state index is 3.79. The fourth-order valence-corrected chi connectivity index (χ4v) is 4.22. The highest BCUT2D eigenvalue weighted by molar-refractivity contribution is 9.09. The van der Waals surface area contributed by atoms with Gasteiger partial charge in [-0.25, -0.2) is 0 Å². The summed E-state index contributed by atoms with van der Waals surface area (Å²) >= 11 is 3.40. The van der Waals surface area contributed by atoms with E-state index in [1.54, 1.807) is 0 Å². The molecule has 0 aromatic carbocycles. The minimum atomic E-state index is -1.47. The molecule has 0 aliphatic rings. The van der Waals surface area contributed by atoms with Crippen LogP contribution in [0, 0.1) is 0 Å². The number of rotatable bonds is 5. The zero-order valence-electron chi connectivity index (χ0n) is 6.15. The fraction of sp³-hybridized carbons (Fsp3) is 0.250. The van der Waals surface area contributed by atoms with Crippen molar-refractivity contribution in [2.45, 2.75) is 6.04 Å². The van der Waals surface area contributed by atoms with E-state index in [4.69, 9.17) is 0 Å². The molecule has 0 N–H and O–H groups in total. The predicted molar refractivity (Wildman–Crippen MR) is 54.9 cm³/mol. The van der Waals surface area contributed by atoms with Gasteiger partial charge in [-0.05, 0) is 6.04 Å². The number of hydrogen-bond acceptors (Lipinski definition) is 0. The first kappa shape index (κ1) is 9.92. The highest BCUT2D eigenvalue weighted by Gasteiger charge is 2.19. The summed E-state index contributed by atoms with van der Waals surface area (Å²) in [7, 11) is -1.47. The molecular formula is C8H13BrSi. The van der Waals surface area contributed by atoms with Gasteiger partial charge in [0, 0.05) is 5.33 Å². The summed E-state index contributed by atoms with van der Waals surface area (Å²) < 4.78 is 0. The molecular weight excluding hydrogens is 204 g/mol. The second kappa shape index (κ2) is 4.69. The Morgan fingerprint density at radius 3 is 1.60 bits per heavy atom. The lowest BCUT2D eigenvalue weighted by Gasteiger charge is -2.16. The number of hydrogen-bond donors (Lipinski definition) is 0. The van der Waals surface area contributed by atoms with E-state index >= 15 is 0 Å². The second-order valence-electron chi connectivity index (χ2n) is 2.16. The quantitative estimate of drug-likeness (QED) is 0.490. The Labute approximate surface area is 72.5 Å². The van der Waals surface area contributed by atoms with Gasteiger partial charge in [0.1, 0.15) is 8.07 Å². The van der Waals surface area contributed by atoms with Crippen LogP contribution >= 0.6 is 15.9 Å². The van der Waals surface area contributed by atoms with E-state index in [1.807, 2.05) is 17.1 Å². The van der Waals surface area contributed by atoms with Gasteiger partial charge in [-0.2, -0.15) is 0 Å². The Morgan fingerprint density at radius 2 is 1.50 bits per heavy atom. The van der Waals surface area contributed by atoms with Gasteiger partial charge < -0.3 is 0 Å². The third-order valence-electron chi connectivity index (χ3n) is 1.67. The van der Waals surface area contributed by atoms with Crippen molar-refractivity contribution in [3.63, 3.8) is 0 Å². The predicted octanol–water partition coefficient (Wildman–Crippen LogP) is 3.01. The average molecular weight is 217 g/mol. The summed E-state index contributed by atoms with van der Waals surface area (Å²) in [4.78, 5) is 0. The molecule has 10 heavy (non-hydrogen) atoms. The van der Waals surface area contributed by atoms with Gasteiger partial charge in [0.05, 0.1) is 0 Å². The van der Waals surface area contributed by atoms with Crippen LogP contribution in [-0.4, -0.2) is 13.4 Å². The Balaban J connectivity index is 4.29. The van der Waals surface area contributed by atoms with Crippen LogP contribution in [0.3, 0.4) is 0 Å². The van der Waals surface area contributed by atoms with Gasteiger partial charge in [-0.3, -0.25) is 0 Å². The summed E-state index contributed by atoms with van der Waals surface area (Å²) in [5, 5.41) is 1.00. The Morgan fingerprint density at radius 1 is 1.10 bits per heavy atom. The lowest BCUT2D eigenvalue weighted by Crippen LogP contribution is -2.26. The van der Waals surface area contributed by atoms with E-state index < -0.39 is 8.07 Å². The molecule has 0 atom stereocenters. The molecule has 2 heteroatoms. The first-order chi connectivity index (χ1) is 4.74. The normalized spacial score (nSPS) is 10.5. The maximum atomic E-state index is 3.79. The topological polar surface area (TPSA) is 0 Å². The monoisotopic (exact) mass is 216 g/mol. The zero-order valence-corrected chi connectivity index (χ0v) is 8.73. The summed E-state index contributed by atoms with van der Waals surface area (Å²) in [5.41, 5.74) is 6.02. The molecule has 0 nitrogen and oxygen atoms in total. The highest BCUT2D eigenvalue weighted by atomic mass is 79.9. The third-order valence-corrected chi connectivity index (χ3v) is 6.19. The van der Waals surface area contributed by atoms with Crippen LogP contribution in [0.25, 0.3) is 0 Å². The molecule has 0 bridgehead atoms. The van der Waals surface area contributed by atoms with Crippen LogP contribution in [0.1, 0.15) is 0 Å². The van der Waals surface area contributed by atoms with Crippen molar-refractivity contribution in [3.05, 3.63) is 36.8 Å². The van der Waals surface area contributed by atoms with Crippen molar-refractivity contribution in [2.75, 3.05) is 5.33 Å². The summed E-state index contributed by atoms with van der Waals surface area (Å²) in [6.45, 7) is 11.4. The average Bonchev–Trinajstić information content (AvgIpc) is 2.01. The van der Waals surface area contributed by atoms with Crippen LogP contribution in [-0.2, 0) is 0 Å². The molecule has 0 saturated heterocycles. The highest BCUT2D eigenvalue weighted by Crippen LogP contribution is 2.14. The van der Waals surface area contributed by atoms with Crippen molar-refractivity contribution in [3.8, 4) is 0 Å². The minimum absolute atomic E-state index is 1.00. The molecule has 0 unspecified atom stereocenters. The fourth-order valence-electron chi connectivity index (χ4n) is 0.720. The summed E-state index contributed by atoms with van der Waals surface area (Å²) in [5.74, 6) is 0. The first-order valence-corrected chi connectivity index (χ1v) is 6.77. The second-order valence-corrected chi connectivity index (χ2v) is 6.91. The van der Waals surface area contributed by atoms with E-state index in [1.165, 1.54) is 0 Å². The van der Waals surface area contributed by atoms with Crippen molar-refractivity contribution < 1.29 is 0 Å². The standard InChI is InChI=1S/C8H13BrSi/c1-4-10(5-2,6-3)8-7-9/h4-6H,1-3,7-8H2. The summed E-state index contributed by atoms with van der Waals surface area (Å²) in [6, 6.07) is 1.11. The number of halogens is 1. The minimum Gasteiger partial charge on any atom is -0.106 e. The van der Waals surface area contributed by atoms with E-state index in [0.29, 0.717) is 0 Å². The van der Waals surface area contributed by atoms with Crippen LogP contribution in [0.15, 0.2) is 36.8 Å². The smallest absolute Gasteiger partial charge is 0.106 e. The number of alkyl halides is 1. The molecule has 0 aromatic rings. The van der Waals surface area contributed by atoms with Crippen LogP contribution in [0.4, 0.5) is 0 Å². The van der Waals surface area contributed by atoms with E-state index in [0.717, 1.165) is 11.4 Å². The van der Waals surface area contributed by atoms with Gasteiger partial charge in [-0.15, -0.1) is 19.7 Å². The molecule has 0 aromatic heterocycles. The molecule has 0 rings (SSSR count). The zero-order chi connectivity index (χ0) is 8.04. The van der Waals surface area contributed by atoms with Crippen molar-refractivity contribution >= 4 is 24.0 Å². The first-order valence-electron chi connectivity index (χ1n) is 3.21. The van der Waals surface area contributed by atoms with Gasteiger partial charge in [0.15, 0.2) is 0 Å². The molecule has 0 amide bonds. The molecule has 0 aliphatic carbocycles. The van der Waals surface area contributed by atoms with Crippen LogP contribution in [0.5, 0.6) is 0 Å². The molecule has 0 aliphatic heterocycles. The Kier molecular flexibility index (Phi) is 4.65. The SMILES string of the molecule is C=C[Si](C=C)(C=C)CCBr. The van der Waals surface area contributed by atoms with Crippen molar-refractivity contribution in [1.82, 2.24) is 0 Å². The Hall–Kier alpha value is -0.0831. The van der Waals surface area contributed by atoms with Gasteiger partial charge in [-0.1, -0.05) is 33.0 Å². The van der Waals surface area contributed by atoms with E-state index in [2.05, 4.69) is 35.7 Å². The van der Waals surface area contributed by atoms with Crippen LogP contribution < -0.4 is 0 Å². The maximum Gasteiger partial charge on any atom is 0.125 e. The van der Waals surface area contributed by atoms with Gasteiger partial charge in [0.25, 0.3) is 0 Å². The van der Waals surface area contributed by atoms with E-state index in [9.17, 15) is 0 Å². The van der Waals surface area contributed by atoms with Crippen LogP contribution in [0.2, 0.25) is 6.04 Å². The molecule has 0 radical (unpaired) electrons. The largest absolute Gasteiger partial charge is 0.125 e. The van der Waals surface area contributed by atoms with Gasteiger partial charge >= 0.3 is 0 Å². The molecule has 0 spiro atoms. The van der Waals surface area contributed by atoms with Crippen molar-refractivity contribution in [1.29, 1.82) is 0 Å². The molecule has 0 saturated carbocycles. The van der Waals surface area contributed by atoms with Gasteiger partial charge in [0.2, 0.25) is 0 Å². The third kappa shape index (κ3) is 2.27. The molecule has 0 fully saturated rings. The molecule has 56 valence electrons. The van der Waals surface area contributed by atoms with E-state index in [-0.39, 0.29) is 0 Å².